The van der Waals surface area contributed by atoms with E-state index in [1.54, 1.807) is 19.4 Å². The number of carboxylic acid groups (broad SMARTS) is 2. The lowest BCUT2D eigenvalue weighted by atomic mass is 10.0. The van der Waals surface area contributed by atoms with E-state index in [9.17, 15) is 43.5 Å². The summed E-state index contributed by atoms with van der Waals surface area (Å²) in [5, 5.41) is 36.7. The summed E-state index contributed by atoms with van der Waals surface area (Å²) in [6, 6.07) is 15.8. The predicted molar refractivity (Wildman–Crippen MR) is 243 cm³/mol. The van der Waals surface area contributed by atoms with Gasteiger partial charge in [-0.2, -0.15) is 5.10 Å². The quantitative estimate of drug-likeness (QED) is 0.0311. The number of aromatic nitrogens is 4. The fraction of sp³-hybridized carbons (Fsp3) is 0.357. The monoisotopic (exact) mass is 950 g/mol. The molecule has 22 nitrogen and oxygen atoms in total. The van der Waals surface area contributed by atoms with Gasteiger partial charge in [0.1, 0.15) is 25.0 Å². The molecule has 352 valence electrons. The van der Waals surface area contributed by atoms with E-state index in [-0.39, 0.29) is 44.8 Å². The molecule has 0 fully saturated rings. The van der Waals surface area contributed by atoms with Gasteiger partial charge in [-0.15, -0.1) is 0 Å². The molecule has 1 atom stereocenters. The van der Waals surface area contributed by atoms with Crippen LogP contribution in [0.4, 0.5) is 4.79 Å². The first kappa shape index (κ1) is 51.4. The Bertz CT molecular complexity index is 2310. The summed E-state index contributed by atoms with van der Waals surface area (Å²) in [5.74, 6) is -4.97. The zero-order valence-corrected chi connectivity index (χ0v) is 37.6. The number of benzene rings is 1. The molecule has 8 N–H and O–H groups in total. The fourth-order valence-electron chi connectivity index (χ4n) is 5.51. The van der Waals surface area contributed by atoms with Crippen LogP contribution in [0.5, 0.6) is 5.75 Å². The summed E-state index contributed by atoms with van der Waals surface area (Å²) >= 11 is 0. The number of pyridine rings is 2. The molecule has 66 heavy (non-hydrogen) atoms. The average Bonchev–Trinajstić information content (AvgIpc) is 3.80. The third-order valence-electron chi connectivity index (χ3n) is 8.93. The van der Waals surface area contributed by atoms with Gasteiger partial charge in [0, 0.05) is 60.0 Å². The molecule has 0 bridgehead atoms. The third kappa shape index (κ3) is 18.5. The van der Waals surface area contributed by atoms with E-state index in [1.165, 1.54) is 15.7 Å². The number of carbonyl (C=O) groups is 8. The number of H-pyrrole nitrogens is 1. The molecule has 24 heteroatoms. The maximum absolute atomic E-state index is 12.5. The molecule has 3 heterocycles. The van der Waals surface area contributed by atoms with E-state index in [2.05, 4.69) is 46.7 Å². The molecule has 4 rings (SSSR count). The van der Waals surface area contributed by atoms with E-state index < -0.39 is 79.8 Å². The number of carboxylic acids is 2. The number of hydrogen-bond donors (Lipinski definition) is 8. The summed E-state index contributed by atoms with van der Waals surface area (Å²) < 4.78 is 11.1. The third-order valence-corrected chi connectivity index (χ3v) is 11.3. The second-order valence-corrected chi connectivity index (χ2v) is 16.7. The van der Waals surface area contributed by atoms with Gasteiger partial charge in [0.25, 0.3) is 0 Å². The lowest BCUT2D eigenvalue weighted by Gasteiger charge is -2.17. The minimum atomic E-state index is -1.31. The number of aromatic amines is 1. The SMILES string of the molecule is Cc1cccc(-c2cn[nH]c2-c2ccnc(-c3ccc(OCCN(C)C(=O)OCCSSCC(NC(=O)CNC(=O)CNC(=O)CNC(=O)CNC(=O)CCCC(=O)O)C(=O)O)cc3)c2)n1. The van der Waals surface area contributed by atoms with E-state index in [1.807, 2.05) is 61.5 Å². The van der Waals surface area contributed by atoms with Gasteiger partial charge in [-0.3, -0.25) is 43.8 Å². The van der Waals surface area contributed by atoms with Crippen molar-refractivity contribution in [1.82, 2.24) is 51.6 Å². The Morgan fingerprint density at radius 3 is 2.09 bits per heavy atom. The summed E-state index contributed by atoms with van der Waals surface area (Å²) in [4.78, 5) is 105. The number of nitrogens with zero attached hydrogens (tertiary/aromatic N) is 4. The van der Waals surface area contributed by atoms with E-state index in [0.29, 0.717) is 11.5 Å². The molecule has 0 aliphatic carbocycles. The van der Waals surface area contributed by atoms with Crippen LogP contribution in [0.1, 0.15) is 25.0 Å². The van der Waals surface area contributed by atoms with Crippen molar-refractivity contribution in [1.29, 1.82) is 0 Å². The van der Waals surface area contributed by atoms with Crippen LogP contribution in [0.2, 0.25) is 0 Å². The van der Waals surface area contributed by atoms with Crippen LogP contribution in [0, 0.1) is 6.92 Å². The highest BCUT2D eigenvalue weighted by molar-refractivity contribution is 8.76. The van der Waals surface area contributed by atoms with Crippen LogP contribution >= 0.6 is 21.6 Å². The second-order valence-electron chi connectivity index (χ2n) is 14.1. The van der Waals surface area contributed by atoms with Crippen LogP contribution in [-0.4, -0.2) is 153 Å². The molecule has 1 aromatic carbocycles. The summed E-state index contributed by atoms with van der Waals surface area (Å²) in [7, 11) is 3.94. The van der Waals surface area contributed by atoms with Gasteiger partial charge in [0.05, 0.1) is 56.0 Å². The lowest BCUT2D eigenvalue weighted by molar-refractivity contribution is -0.141. The van der Waals surface area contributed by atoms with Crippen LogP contribution in [0.3, 0.4) is 0 Å². The Morgan fingerprint density at radius 2 is 1.44 bits per heavy atom. The normalized spacial score (nSPS) is 11.1. The van der Waals surface area contributed by atoms with Crippen LogP contribution in [0.25, 0.3) is 33.8 Å². The number of aliphatic carboxylic acids is 2. The van der Waals surface area contributed by atoms with Crippen molar-refractivity contribution in [2.45, 2.75) is 32.2 Å². The number of nitrogens with one attached hydrogen (secondary N) is 6. The van der Waals surface area contributed by atoms with E-state index in [0.717, 1.165) is 50.3 Å². The summed E-state index contributed by atoms with van der Waals surface area (Å²) in [6.45, 7) is 0.363. The predicted octanol–water partition coefficient (Wildman–Crippen LogP) is 1.63. The largest absolute Gasteiger partial charge is 0.492 e. The Hall–Kier alpha value is -7.21. The van der Waals surface area contributed by atoms with Crippen molar-refractivity contribution in [3.05, 3.63) is 72.7 Å². The van der Waals surface area contributed by atoms with Gasteiger partial charge in [0.15, 0.2) is 0 Å². The standard InChI is InChI=1S/C42H50N10O12S2/c1-26-5-3-6-31(49-26)30-20-48-51-40(30)28-13-14-43-32(19-28)27-9-11-29(12-10-27)63-16-15-52(2)42(62)64-17-18-65-66-25-33(41(60)61)50-38(57)24-47-37(56)23-46-36(55)22-45-35(54)21-44-34(53)7-4-8-39(58)59/h3,5-6,9-14,19-20,33H,4,7-8,15-18,21-25H2,1-2H3,(H,44,53)(H,45,54)(H,46,55)(H,47,56)(H,48,51)(H,50,57)(H,58,59)(H,60,61). The van der Waals surface area contributed by atoms with Crippen molar-refractivity contribution in [3.8, 4) is 39.5 Å². The van der Waals surface area contributed by atoms with Crippen molar-refractivity contribution >= 4 is 69.2 Å². The van der Waals surface area contributed by atoms with Gasteiger partial charge >= 0.3 is 18.0 Å². The molecular formula is C42H50N10O12S2. The number of hydrogen-bond acceptors (Lipinski definition) is 15. The highest BCUT2D eigenvalue weighted by Crippen LogP contribution is 2.31. The van der Waals surface area contributed by atoms with E-state index in [4.69, 9.17) is 14.6 Å². The fourth-order valence-corrected chi connectivity index (χ4v) is 7.49. The maximum Gasteiger partial charge on any atom is 0.409 e. The number of rotatable bonds is 27. The number of aryl methyl sites for hydroxylation is 1. The lowest BCUT2D eigenvalue weighted by Crippen LogP contribution is -2.48. The minimum absolute atomic E-state index is 0.0383. The van der Waals surface area contributed by atoms with Crippen molar-refractivity contribution in [2.75, 3.05) is 64.5 Å². The Kier molecular flexibility index (Phi) is 21.2. The van der Waals surface area contributed by atoms with Crippen molar-refractivity contribution < 1.29 is 58.0 Å². The van der Waals surface area contributed by atoms with Crippen molar-refractivity contribution in [3.63, 3.8) is 0 Å². The Morgan fingerprint density at radius 1 is 0.773 bits per heavy atom. The minimum Gasteiger partial charge on any atom is -0.492 e. The number of carbonyl (C=O) groups excluding carboxylic acids is 6. The zero-order valence-electron chi connectivity index (χ0n) is 36.0. The first-order valence-electron chi connectivity index (χ1n) is 20.3. The zero-order chi connectivity index (χ0) is 47.8. The first-order valence-corrected chi connectivity index (χ1v) is 22.8. The number of likely N-dealkylation sites (N-methyl/N-ethyl adjacent to an activating group) is 1. The highest BCUT2D eigenvalue weighted by Gasteiger charge is 2.21. The topological polar surface area (TPSA) is 313 Å². The summed E-state index contributed by atoms with van der Waals surface area (Å²) in [5.41, 5.74) is 5.98. The van der Waals surface area contributed by atoms with Crippen LogP contribution < -0.4 is 31.3 Å². The molecule has 4 aromatic rings. The van der Waals surface area contributed by atoms with Crippen LogP contribution in [-0.2, 0) is 38.3 Å². The van der Waals surface area contributed by atoms with Gasteiger partial charge < -0.3 is 51.2 Å². The van der Waals surface area contributed by atoms with Crippen molar-refractivity contribution in [2.24, 2.45) is 0 Å². The first-order chi connectivity index (χ1) is 31.7. The Balaban J connectivity index is 1.04. The second kappa shape index (κ2) is 27.2. The molecule has 0 spiro atoms. The van der Waals surface area contributed by atoms with Gasteiger partial charge in [-0.1, -0.05) is 27.7 Å². The highest BCUT2D eigenvalue weighted by atomic mass is 33.1. The maximum atomic E-state index is 12.5. The average molecular weight is 951 g/mol. The molecule has 0 aliphatic rings. The number of amides is 6. The molecular weight excluding hydrogens is 901 g/mol. The molecule has 0 saturated heterocycles. The number of ether oxygens (including phenoxy) is 2. The molecule has 3 aromatic heterocycles. The van der Waals surface area contributed by atoms with Gasteiger partial charge in [-0.25, -0.2) is 9.59 Å². The smallest absolute Gasteiger partial charge is 0.409 e. The van der Waals surface area contributed by atoms with Crippen LogP contribution in [0.15, 0.2) is 67.0 Å². The summed E-state index contributed by atoms with van der Waals surface area (Å²) in [6.07, 6.45) is 2.75. The Labute approximate surface area is 386 Å². The van der Waals surface area contributed by atoms with E-state index >= 15 is 0 Å². The molecule has 0 radical (unpaired) electrons. The van der Waals surface area contributed by atoms with Gasteiger partial charge in [0.2, 0.25) is 29.5 Å². The van der Waals surface area contributed by atoms with Gasteiger partial charge in [-0.05, 0) is 61.9 Å². The molecule has 0 aliphatic heterocycles. The molecule has 0 saturated carbocycles. The molecule has 1 unspecified atom stereocenters. The molecule has 6 amide bonds.